The van der Waals surface area contributed by atoms with Crippen LogP contribution in [0.2, 0.25) is 0 Å². The Kier molecular flexibility index (Phi) is 4.23. The van der Waals surface area contributed by atoms with E-state index in [1.54, 1.807) is 18.4 Å². The van der Waals surface area contributed by atoms with Crippen LogP contribution in [0.4, 0.5) is 5.69 Å². The van der Waals surface area contributed by atoms with Crippen LogP contribution in [0.5, 0.6) is 0 Å². The maximum atomic E-state index is 12.1. The summed E-state index contributed by atoms with van der Waals surface area (Å²) >= 11 is 0. The number of carbonyl (C=O) groups is 1. The molecule has 1 N–H and O–H groups in total. The number of aromatic nitrogens is 2. The summed E-state index contributed by atoms with van der Waals surface area (Å²) in [5.41, 5.74) is 3.04. The van der Waals surface area contributed by atoms with Crippen molar-refractivity contribution in [2.45, 2.75) is 26.7 Å². The van der Waals surface area contributed by atoms with Gasteiger partial charge in [-0.2, -0.15) is 4.98 Å². The van der Waals surface area contributed by atoms with Crippen molar-refractivity contribution < 1.29 is 13.7 Å². The highest BCUT2D eigenvalue weighted by Crippen LogP contribution is 2.19. The third kappa shape index (κ3) is 3.48. The van der Waals surface area contributed by atoms with Crippen LogP contribution < -0.4 is 5.32 Å². The Morgan fingerprint density at radius 1 is 1.22 bits per heavy atom. The third-order valence-electron chi connectivity index (χ3n) is 3.65. The first kappa shape index (κ1) is 15.0. The molecule has 0 atom stereocenters. The smallest absolute Gasteiger partial charge is 0.238 e. The van der Waals surface area contributed by atoms with Crippen molar-refractivity contribution in [1.29, 1.82) is 0 Å². The van der Waals surface area contributed by atoms with Gasteiger partial charge in [-0.05, 0) is 43.2 Å². The summed E-state index contributed by atoms with van der Waals surface area (Å²) in [5, 5.41) is 6.74. The SMILES string of the molecule is Cc1cccc(NC(=O)CCc2nc(-c3ccco3)no2)c1C. The van der Waals surface area contributed by atoms with Crippen LogP contribution in [0.25, 0.3) is 11.6 Å². The topological polar surface area (TPSA) is 81.2 Å². The molecule has 0 unspecified atom stereocenters. The molecule has 6 heteroatoms. The van der Waals surface area contributed by atoms with E-state index in [-0.39, 0.29) is 12.3 Å². The summed E-state index contributed by atoms with van der Waals surface area (Å²) in [7, 11) is 0. The van der Waals surface area contributed by atoms with Crippen molar-refractivity contribution >= 4 is 11.6 Å². The number of amides is 1. The molecule has 0 aliphatic heterocycles. The van der Waals surface area contributed by atoms with Gasteiger partial charge >= 0.3 is 0 Å². The summed E-state index contributed by atoms with van der Waals surface area (Å²) in [6.45, 7) is 4.00. The standard InChI is InChI=1S/C17H17N3O3/c1-11-5-3-6-13(12(11)2)18-15(21)8-9-16-19-17(20-23-16)14-7-4-10-22-14/h3-7,10H,8-9H2,1-2H3,(H,18,21). The van der Waals surface area contributed by atoms with Gasteiger partial charge in [-0.25, -0.2) is 0 Å². The van der Waals surface area contributed by atoms with Gasteiger partial charge in [0.15, 0.2) is 5.76 Å². The molecule has 0 bridgehead atoms. The first-order valence-electron chi connectivity index (χ1n) is 7.36. The third-order valence-corrected chi connectivity index (χ3v) is 3.65. The Bertz CT molecular complexity index is 806. The molecule has 3 aromatic rings. The van der Waals surface area contributed by atoms with E-state index >= 15 is 0 Å². The monoisotopic (exact) mass is 311 g/mol. The lowest BCUT2D eigenvalue weighted by atomic mass is 10.1. The summed E-state index contributed by atoms with van der Waals surface area (Å²) in [6.07, 6.45) is 2.20. The molecule has 118 valence electrons. The number of hydrogen-bond acceptors (Lipinski definition) is 5. The molecule has 1 aromatic carbocycles. The predicted octanol–water partition coefficient (Wildman–Crippen LogP) is 3.52. The number of carbonyl (C=O) groups excluding carboxylic acids is 1. The molecule has 2 heterocycles. The molecule has 0 aliphatic carbocycles. The minimum atomic E-state index is -0.0866. The molecular weight excluding hydrogens is 294 g/mol. The minimum absolute atomic E-state index is 0.0866. The number of anilines is 1. The molecule has 23 heavy (non-hydrogen) atoms. The highest BCUT2D eigenvalue weighted by molar-refractivity contribution is 5.91. The number of nitrogens with one attached hydrogen (secondary N) is 1. The van der Waals surface area contributed by atoms with E-state index in [0.29, 0.717) is 23.9 Å². The van der Waals surface area contributed by atoms with Crippen molar-refractivity contribution in [3.05, 3.63) is 53.6 Å². The van der Waals surface area contributed by atoms with Gasteiger partial charge < -0.3 is 14.3 Å². The number of hydrogen-bond donors (Lipinski definition) is 1. The Hall–Kier alpha value is -2.89. The number of furan rings is 1. The van der Waals surface area contributed by atoms with E-state index < -0.39 is 0 Å². The average Bonchev–Trinajstić information content (AvgIpc) is 3.20. The van der Waals surface area contributed by atoms with Crippen molar-refractivity contribution in [2.75, 3.05) is 5.32 Å². The first-order chi connectivity index (χ1) is 11.1. The van der Waals surface area contributed by atoms with E-state index in [9.17, 15) is 4.79 Å². The van der Waals surface area contributed by atoms with Gasteiger partial charge in [0.25, 0.3) is 0 Å². The maximum Gasteiger partial charge on any atom is 0.238 e. The van der Waals surface area contributed by atoms with Crippen LogP contribution in [-0.4, -0.2) is 16.0 Å². The Morgan fingerprint density at radius 2 is 2.09 bits per heavy atom. The average molecular weight is 311 g/mol. The van der Waals surface area contributed by atoms with Gasteiger partial charge in [-0.15, -0.1) is 0 Å². The molecular formula is C17H17N3O3. The number of benzene rings is 1. The first-order valence-corrected chi connectivity index (χ1v) is 7.36. The van der Waals surface area contributed by atoms with Crippen molar-refractivity contribution in [2.24, 2.45) is 0 Å². The Labute approximate surface area is 133 Å². The summed E-state index contributed by atoms with van der Waals surface area (Å²) < 4.78 is 10.3. The number of rotatable bonds is 5. The quantitative estimate of drug-likeness (QED) is 0.779. The van der Waals surface area contributed by atoms with Gasteiger partial charge in [0.05, 0.1) is 6.26 Å². The number of nitrogens with zero attached hydrogens (tertiary/aromatic N) is 2. The van der Waals surface area contributed by atoms with Crippen LogP contribution >= 0.6 is 0 Å². The Morgan fingerprint density at radius 3 is 2.87 bits per heavy atom. The lowest BCUT2D eigenvalue weighted by Crippen LogP contribution is -2.13. The molecule has 0 spiro atoms. The molecule has 0 saturated carbocycles. The predicted molar refractivity (Wildman–Crippen MR) is 84.9 cm³/mol. The second kappa shape index (κ2) is 6.48. The van der Waals surface area contributed by atoms with Crippen LogP contribution in [0.1, 0.15) is 23.4 Å². The second-order valence-corrected chi connectivity index (χ2v) is 5.28. The zero-order valence-corrected chi connectivity index (χ0v) is 13.0. The Balaban J connectivity index is 1.58. The van der Waals surface area contributed by atoms with E-state index in [1.807, 2.05) is 32.0 Å². The van der Waals surface area contributed by atoms with E-state index in [4.69, 9.17) is 8.94 Å². The number of aryl methyl sites for hydroxylation is 2. The zero-order chi connectivity index (χ0) is 16.2. The lowest BCUT2D eigenvalue weighted by Gasteiger charge is -2.09. The van der Waals surface area contributed by atoms with Crippen LogP contribution in [0.15, 0.2) is 45.5 Å². The van der Waals surface area contributed by atoms with Gasteiger partial charge in [0.2, 0.25) is 17.6 Å². The fraction of sp³-hybridized carbons (Fsp3) is 0.235. The fourth-order valence-electron chi connectivity index (χ4n) is 2.18. The maximum absolute atomic E-state index is 12.1. The second-order valence-electron chi connectivity index (χ2n) is 5.28. The van der Waals surface area contributed by atoms with Crippen molar-refractivity contribution in [3.63, 3.8) is 0 Å². The van der Waals surface area contributed by atoms with Gasteiger partial charge in [0, 0.05) is 18.5 Å². The van der Waals surface area contributed by atoms with Gasteiger partial charge in [0.1, 0.15) is 0 Å². The van der Waals surface area contributed by atoms with E-state index in [1.165, 1.54) is 0 Å². The normalized spacial score (nSPS) is 10.7. The highest BCUT2D eigenvalue weighted by Gasteiger charge is 2.13. The van der Waals surface area contributed by atoms with Crippen LogP contribution in [-0.2, 0) is 11.2 Å². The molecule has 2 aromatic heterocycles. The molecule has 3 rings (SSSR count). The molecule has 6 nitrogen and oxygen atoms in total. The summed E-state index contributed by atoms with van der Waals surface area (Å²) in [6, 6.07) is 9.33. The minimum Gasteiger partial charge on any atom is -0.461 e. The summed E-state index contributed by atoms with van der Waals surface area (Å²) in [4.78, 5) is 16.3. The highest BCUT2D eigenvalue weighted by atomic mass is 16.5. The molecule has 0 saturated heterocycles. The van der Waals surface area contributed by atoms with Gasteiger partial charge in [-0.3, -0.25) is 4.79 Å². The lowest BCUT2D eigenvalue weighted by molar-refractivity contribution is -0.116. The summed E-state index contributed by atoms with van der Waals surface area (Å²) in [5.74, 6) is 1.25. The molecule has 0 radical (unpaired) electrons. The molecule has 0 aliphatic rings. The largest absolute Gasteiger partial charge is 0.461 e. The van der Waals surface area contributed by atoms with Crippen molar-refractivity contribution in [1.82, 2.24) is 10.1 Å². The van der Waals surface area contributed by atoms with Crippen molar-refractivity contribution in [3.8, 4) is 11.6 Å². The van der Waals surface area contributed by atoms with Gasteiger partial charge in [-0.1, -0.05) is 17.3 Å². The van der Waals surface area contributed by atoms with Crippen LogP contribution in [0.3, 0.4) is 0 Å². The van der Waals surface area contributed by atoms with E-state index in [2.05, 4.69) is 15.5 Å². The molecule has 1 amide bonds. The fourth-order valence-corrected chi connectivity index (χ4v) is 2.18. The molecule has 0 fully saturated rings. The zero-order valence-electron chi connectivity index (χ0n) is 13.0. The van der Waals surface area contributed by atoms with E-state index in [0.717, 1.165) is 16.8 Å². The van der Waals surface area contributed by atoms with Crippen LogP contribution in [0, 0.1) is 13.8 Å².